The smallest absolute Gasteiger partial charge is 0.0991 e. The van der Waals surface area contributed by atoms with Crippen LogP contribution in [-0.4, -0.2) is 12.7 Å². The van der Waals surface area contributed by atoms with Crippen LogP contribution < -0.4 is 0 Å². The van der Waals surface area contributed by atoms with Crippen LogP contribution in [0.4, 0.5) is 0 Å². The predicted molar refractivity (Wildman–Crippen MR) is 66.1 cm³/mol. The molecule has 1 rings (SSSR count). The monoisotopic (exact) mass is 210 g/mol. The zero-order chi connectivity index (χ0) is 10.8. The zero-order valence-corrected chi connectivity index (χ0v) is 10.2. The summed E-state index contributed by atoms with van der Waals surface area (Å²) in [5.41, 5.74) is 0. The third-order valence-corrected chi connectivity index (χ3v) is 2.93. The minimum atomic E-state index is 0.471. The second kappa shape index (κ2) is 8.96. The molecule has 0 aromatic rings. The fourth-order valence-electron chi connectivity index (χ4n) is 1.81. The van der Waals surface area contributed by atoms with E-state index in [2.05, 4.69) is 19.1 Å². The van der Waals surface area contributed by atoms with Gasteiger partial charge in [-0.2, -0.15) is 0 Å². The average molecular weight is 210 g/mol. The molecule has 0 amide bonds. The van der Waals surface area contributed by atoms with Gasteiger partial charge in [-0.3, -0.25) is 0 Å². The summed E-state index contributed by atoms with van der Waals surface area (Å²) in [4.78, 5) is 0. The highest BCUT2D eigenvalue weighted by molar-refractivity contribution is 4.95. The first-order valence-corrected chi connectivity index (χ1v) is 6.71. The van der Waals surface area contributed by atoms with E-state index in [1.54, 1.807) is 0 Å². The Labute approximate surface area is 94.9 Å². The maximum atomic E-state index is 5.10. The minimum Gasteiger partial charge on any atom is -0.369 e. The largest absolute Gasteiger partial charge is 0.369 e. The third kappa shape index (κ3) is 8.68. The van der Waals surface area contributed by atoms with Gasteiger partial charge in [0.2, 0.25) is 0 Å². The molecule has 1 nitrogen and oxygen atoms in total. The summed E-state index contributed by atoms with van der Waals surface area (Å²) in [6.07, 6.45) is 17.5. The first-order valence-electron chi connectivity index (χ1n) is 6.71. The number of hydrogen-bond donors (Lipinski definition) is 0. The Kier molecular flexibility index (Phi) is 7.63. The third-order valence-electron chi connectivity index (χ3n) is 2.93. The lowest BCUT2D eigenvalue weighted by Gasteiger charge is -1.99. The lowest BCUT2D eigenvalue weighted by Crippen LogP contribution is -1.80. The van der Waals surface area contributed by atoms with E-state index in [9.17, 15) is 0 Å². The number of hydrogen-bond acceptors (Lipinski definition) is 1. The molecule has 0 aliphatic carbocycles. The van der Waals surface area contributed by atoms with Crippen LogP contribution in [0.5, 0.6) is 0 Å². The molecule has 1 unspecified atom stereocenters. The SMILES string of the molecule is CCCCCCCCCCC=CC1CO1. The van der Waals surface area contributed by atoms with Crippen LogP contribution in [0, 0.1) is 0 Å². The van der Waals surface area contributed by atoms with E-state index >= 15 is 0 Å². The lowest BCUT2D eigenvalue weighted by atomic mass is 10.1. The van der Waals surface area contributed by atoms with Crippen molar-refractivity contribution >= 4 is 0 Å². The van der Waals surface area contributed by atoms with Crippen molar-refractivity contribution < 1.29 is 4.74 Å². The lowest BCUT2D eigenvalue weighted by molar-refractivity contribution is 0.439. The standard InChI is InChI=1S/C14H26O/c1-2-3-4-5-6-7-8-9-10-11-12-14-13-15-14/h11-12,14H,2-10,13H2,1H3. The van der Waals surface area contributed by atoms with Crippen LogP contribution in [0.2, 0.25) is 0 Å². The maximum Gasteiger partial charge on any atom is 0.0991 e. The van der Waals surface area contributed by atoms with Gasteiger partial charge < -0.3 is 4.74 Å². The van der Waals surface area contributed by atoms with Crippen molar-refractivity contribution in [2.24, 2.45) is 0 Å². The van der Waals surface area contributed by atoms with Gasteiger partial charge in [0.05, 0.1) is 12.7 Å². The van der Waals surface area contributed by atoms with Crippen LogP contribution in [0.3, 0.4) is 0 Å². The topological polar surface area (TPSA) is 12.5 Å². The number of unbranched alkanes of at least 4 members (excludes halogenated alkanes) is 8. The van der Waals surface area contributed by atoms with E-state index in [0.29, 0.717) is 6.10 Å². The molecule has 15 heavy (non-hydrogen) atoms. The summed E-state index contributed by atoms with van der Waals surface area (Å²) in [5.74, 6) is 0. The minimum absolute atomic E-state index is 0.471. The molecule has 1 aliphatic rings. The van der Waals surface area contributed by atoms with Crippen molar-refractivity contribution in [3.63, 3.8) is 0 Å². The van der Waals surface area contributed by atoms with Crippen molar-refractivity contribution in [3.05, 3.63) is 12.2 Å². The molecule has 0 radical (unpaired) electrons. The summed E-state index contributed by atoms with van der Waals surface area (Å²) >= 11 is 0. The molecule has 1 aliphatic heterocycles. The van der Waals surface area contributed by atoms with Crippen molar-refractivity contribution in [2.75, 3.05) is 6.61 Å². The van der Waals surface area contributed by atoms with Crippen molar-refractivity contribution in [3.8, 4) is 0 Å². The van der Waals surface area contributed by atoms with Crippen molar-refractivity contribution in [1.82, 2.24) is 0 Å². The Balaban J connectivity index is 1.69. The van der Waals surface area contributed by atoms with Crippen LogP contribution in [0.25, 0.3) is 0 Å². The maximum absolute atomic E-state index is 5.10. The molecule has 0 aromatic heterocycles. The number of rotatable bonds is 10. The van der Waals surface area contributed by atoms with E-state index in [-0.39, 0.29) is 0 Å². The summed E-state index contributed by atoms with van der Waals surface area (Å²) in [6.45, 7) is 3.23. The van der Waals surface area contributed by atoms with Gasteiger partial charge in [0.25, 0.3) is 0 Å². The van der Waals surface area contributed by atoms with Crippen molar-refractivity contribution in [1.29, 1.82) is 0 Å². The molecular formula is C14H26O. The van der Waals surface area contributed by atoms with Gasteiger partial charge in [-0.05, 0) is 12.8 Å². The quantitative estimate of drug-likeness (QED) is 0.294. The molecule has 1 fully saturated rings. The highest BCUT2D eigenvalue weighted by Crippen LogP contribution is 2.12. The van der Waals surface area contributed by atoms with E-state index in [1.807, 2.05) is 0 Å². The van der Waals surface area contributed by atoms with Crippen LogP contribution in [-0.2, 0) is 4.74 Å². The molecule has 1 heterocycles. The Morgan fingerprint density at radius 1 is 1.00 bits per heavy atom. The molecule has 0 saturated carbocycles. The Morgan fingerprint density at radius 2 is 1.60 bits per heavy atom. The second-order valence-corrected chi connectivity index (χ2v) is 4.56. The van der Waals surface area contributed by atoms with Crippen molar-refractivity contribution in [2.45, 2.75) is 70.8 Å². The molecule has 1 atom stereocenters. The predicted octanol–water partition coefficient (Wildman–Crippen LogP) is 4.47. The van der Waals surface area contributed by atoms with Gasteiger partial charge in [0.1, 0.15) is 0 Å². The first-order chi connectivity index (χ1) is 7.43. The van der Waals surface area contributed by atoms with Gasteiger partial charge >= 0.3 is 0 Å². The van der Waals surface area contributed by atoms with Crippen LogP contribution >= 0.6 is 0 Å². The zero-order valence-electron chi connectivity index (χ0n) is 10.2. The van der Waals surface area contributed by atoms with E-state index in [4.69, 9.17) is 4.74 Å². The van der Waals surface area contributed by atoms with E-state index in [0.717, 1.165) is 6.61 Å². The average Bonchev–Trinajstić information content (AvgIpc) is 3.05. The molecule has 0 bridgehead atoms. The summed E-state index contributed by atoms with van der Waals surface area (Å²) in [6, 6.07) is 0. The fraction of sp³-hybridized carbons (Fsp3) is 0.857. The molecule has 1 saturated heterocycles. The normalized spacial score (nSPS) is 19.9. The summed E-state index contributed by atoms with van der Waals surface area (Å²) < 4.78 is 5.10. The summed E-state index contributed by atoms with van der Waals surface area (Å²) in [5, 5.41) is 0. The van der Waals surface area contributed by atoms with E-state index in [1.165, 1.54) is 57.8 Å². The number of allylic oxidation sites excluding steroid dienone is 1. The number of ether oxygens (including phenoxy) is 1. The number of epoxide rings is 1. The molecule has 88 valence electrons. The van der Waals surface area contributed by atoms with Gasteiger partial charge in [-0.15, -0.1) is 0 Å². The Morgan fingerprint density at radius 3 is 2.20 bits per heavy atom. The van der Waals surface area contributed by atoms with Crippen LogP contribution in [0.1, 0.15) is 64.7 Å². The molecule has 0 N–H and O–H groups in total. The summed E-state index contributed by atoms with van der Waals surface area (Å²) in [7, 11) is 0. The molecule has 0 spiro atoms. The highest BCUT2D eigenvalue weighted by Gasteiger charge is 2.17. The van der Waals surface area contributed by atoms with Gasteiger partial charge in [0.15, 0.2) is 0 Å². The molecular weight excluding hydrogens is 184 g/mol. The second-order valence-electron chi connectivity index (χ2n) is 4.56. The Hall–Kier alpha value is -0.300. The fourth-order valence-corrected chi connectivity index (χ4v) is 1.81. The van der Waals surface area contributed by atoms with Gasteiger partial charge in [-0.1, -0.05) is 64.0 Å². The van der Waals surface area contributed by atoms with E-state index < -0.39 is 0 Å². The molecule has 0 aromatic carbocycles. The van der Waals surface area contributed by atoms with Crippen LogP contribution in [0.15, 0.2) is 12.2 Å². The van der Waals surface area contributed by atoms with Gasteiger partial charge in [0, 0.05) is 0 Å². The van der Waals surface area contributed by atoms with Gasteiger partial charge in [-0.25, -0.2) is 0 Å². The molecule has 1 heteroatoms. The Bertz CT molecular complexity index is 159. The first kappa shape index (κ1) is 12.8. The highest BCUT2D eigenvalue weighted by atomic mass is 16.6.